The van der Waals surface area contributed by atoms with Gasteiger partial charge in [-0.15, -0.1) is 0 Å². The highest BCUT2D eigenvalue weighted by molar-refractivity contribution is 5.44. The van der Waals surface area contributed by atoms with Crippen LogP contribution in [0.5, 0.6) is 11.5 Å². The van der Waals surface area contributed by atoms with E-state index in [1.807, 2.05) is 6.07 Å². The minimum absolute atomic E-state index is 0.121. The molecular formula is C14H17NO3. The zero-order chi connectivity index (χ0) is 12.0. The van der Waals surface area contributed by atoms with Gasteiger partial charge in [0.1, 0.15) is 0 Å². The zero-order valence-electron chi connectivity index (χ0n) is 10.4. The van der Waals surface area contributed by atoms with Crippen molar-refractivity contribution in [3.05, 3.63) is 23.8 Å². The third-order valence-corrected chi connectivity index (χ3v) is 4.13. The minimum atomic E-state index is 0.121. The molecule has 4 nitrogen and oxygen atoms in total. The molecule has 0 N–H and O–H groups in total. The van der Waals surface area contributed by atoms with Gasteiger partial charge < -0.3 is 9.47 Å². The van der Waals surface area contributed by atoms with Gasteiger partial charge >= 0.3 is 0 Å². The zero-order valence-corrected chi connectivity index (χ0v) is 10.4. The molecule has 0 aromatic heterocycles. The molecule has 1 saturated heterocycles. The molecule has 1 aromatic rings. The lowest BCUT2D eigenvalue weighted by Gasteiger charge is -2.04. The smallest absolute Gasteiger partial charge is 0.231 e. The molecule has 1 aromatic carbocycles. The molecule has 96 valence electrons. The number of benzene rings is 1. The molecule has 0 bridgehead atoms. The first-order valence-corrected chi connectivity index (χ1v) is 6.71. The number of ether oxygens (including phenoxy) is 2. The molecule has 0 radical (unpaired) electrons. The molecule has 1 spiro atoms. The number of nitrogens with zero attached hydrogens (tertiary/aromatic N) is 1. The maximum Gasteiger partial charge on any atom is 0.231 e. The van der Waals surface area contributed by atoms with Crippen LogP contribution in [0.4, 0.5) is 0 Å². The second-order valence-electron chi connectivity index (χ2n) is 5.28. The van der Waals surface area contributed by atoms with Crippen LogP contribution in [0, 0.1) is 0 Å². The molecule has 3 aliphatic rings. The highest BCUT2D eigenvalue weighted by Gasteiger charge is 2.55. The predicted octanol–water partition coefficient (Wildman–Crippen LogP) is 2.48. The second kappa shape index (κ2) is 3.87. The van der Waals surface area contributed by atoms with Crippen LogP contribution < -0.4 is 9.47 Å². The highest BCUT2D eigenvalue weighted by atomic mass is 16.9. The Morgan fingerprint density at radius 3 is 2.83 bits per heavy atom. The predicted molar refractivity (Wildman–Crippen MR) is 65.3 cm³/mol. The molecule has 2 fully saturated rings. The maximum atomic E-state index is 5.76. The van der Waals surface area contributed by atoms with Crippen molar-refractivity contribution in [1.82, 2.24) is 5.06 Å². The van der Waals surface area contributed by atoms with Crippen LogP contribution in [0.3, 0.4) is 0 Å². The fourth-order valence-corrected chi connectivity index (χ4v) is 3.03. The van der Waals surface area contributed by atoms with Crippen molar-refractivity contribution in [3.8, 4) is 11.5 Å². The second-order valence-corrected chi connectivity index (χ2v) is 5.28. The van der Waals surface area contributed by atoms with E-state index in [1.54, 1.807) is 0 Å². The van der Waals surface area contributed by atoms with E-state index in [4.69, 9.17) is 14.3 Å². The molecule has 4 rings (SSSR count). The van der Waals surface area contributed by atoms with Gasteiger partial charge in [-0.1, -0.05) is 6.07 Å². The largest absolute Gasteiger partial charge is 0.454 e. The summed E-state index contributed by atoms with van der Waals surface area (Å²) in [5.41, 5.74) is 1.40. The van der Waals surface area contributed by atoms with Crippen LogP contribution in [0.1, 0.15) is 31.2 Å². The van der Waals surface area contributed by atoms with Gasteiger partial charge in [-0.3, -0.25) is 4.84 Å². The van der Waals surface area contributed by atoms with Crippen molar-refractivity contribution in [3.63, 3.8) is 0 Å². The van der Waals surface area contributed by atoms with Crippen molar-refractivity contribution in [2.24, 2.45) is 0 Å². The Hall–Kier alpha value is -1.26. The van der Waals surface area contributed by atoms with Crippen LogP contribution in [0.25, 0.3) is 0 Å². The molecule has 2 heterocycles. The molecular weight excluding hydrogens is 230 g/mol. The topological polar surface area (TPSA) is 34.0 Å². The summed E-state index contributed by atoms with van der Waals surface area (Å²) in [5, 5.41) is 2.16. The van der Waals surface area contributed by atoms with Crippen molar-refractivity contribution in [2.45, 2.75) is 37.8 Å². The lowest BCUT2D eigenvalue weighted by atomic mass is 10.1. The van der Waals surface area contributed by atoms with Crippen LogP contribution in [0.2, 0.25) is 0 Å². The summed E-state index contributed by atoms with van der Waals surface area (Å²) in [5.74, 6) is 1.73. The van der Waals surface area contributed by atoms with Gasteiger partial charge in [0.05, 0.1) is 0 Å². The van der Waals surface area contributed by atoms with Gasteiger partial charge in [0.15, 0.2) is 17.2 Å². The Morgan fingerprint density at radius 2 is 1.94 bits per heavy atom. The van der Waals surface area contributed by atoms with Crippen molar-refractivity contribution < 1.29 is 14.3 Å². The van der Waals surface area contributed by atoms with Crippen LogP contribution >= 0.6 is 0 Å². The van der Waals surface area contributed by atoms with Gasteiger partial charge in [-0.2, -0.15) is 5.06 Å². The molecule has 4 heteroatoms. The normalized spacial score (nSPS) is 26.8. The van der Waals surface area contributed by atoms with Gasteiger partial charge in [-0.05, 0) is 49.8 Å². The number of rotatable bonds is 3. The average Bonchev–Trinajstić information content (AvgIpc) is 2.78. The Labute approximate surface area is 106 Å². The van der Waals surface area contributed by atoms with Gasteiger partial charge in [0.2, 0.25) is 6.79 Å². The Bertz CT molecular complexity index is 468. The summed E-state index contributed by atoms with van der Waals surface area (Å²) in [6, 6.07) is 6.18. The minimum Gasteiger partial charge on any atom is -0.454 e. The first-order chi connectivity index (χ1) is 8.86. The van der Waals surface area contributed by atoms with Crippen molar-refractivity contribution in [1.29, 1.82) is 0 Å². The quantitative estimate of drug-likeness (QED) is 0.768. The van der Waals surface area contributed by atoms with Gasteiger partial charge in [0.25, 0.3) is 0 Å². The SMILES string of the molecule is c1cc2c(cc1CCN1OC13CCCC3)OCO2. The molecule has 0 amide bonds. The first-order valence-electron chi connectivity index (χ1n) is 6.71. The lowest BCUT2D eigenvalue weighted by Crippen LogP contribution is -2.16. The molecule has 1 unspecified atom stereocenters. The standard InChI is InChI=1S/C14H17NO3/c1-2-7-14(6-1)15(18-14)8-5-11-3-4-12-13(9-11)17-10-16-12/h3-4,9H,1-2,5-8,10H2. The summed E-state index contributed by atoms with van der Waals surface area (Å²) in [4.78, 5) is 5.76. The molecule has 18 heavy (non-hydrogen) atoms. The van der Waals surface area contributed by atoms with E-state index >= 15 is 0 Å². The summed E-state index contributed by atoms with van der Waals surface area (Å²) in [6.45, 7) is 1.32. The molecule has 1 atom stereocenters. The number of fused-ring (bicyclic) bond motifs is 1. The van der Waals surface area contributed by atoms with Gasteiger partial charge in [0, 0.05) is 6.54 Å². The van der Waals surface area contributed by atoms with E-state index in [0.717, 1.165) is 24.5 Å². The number of hydrogen-bond donors (Lipinski definition) is 0. The van der Waals surface area contributed by atoms with E-state index in [0.29, 0.717) is 6.79 Å². The fourth-order valence-electron chi connectivity index (χ4n) is 3.03. The van der Waals surface area contributed by atoms with Crippen molar-refractivity contribution >= 4 is 0 Å². The maximum absolute atomic E-state index is 5.76. The van der Waals surface area contributed by atoms with Crippen molar-refractivity contribution in [2.75, 3.05) is 13.3 Å². The number of hydroxylamine groups is 2. The summed E-state index contributed by atoms with van der Waals surface area (Å²) >= 11 is 0. The fraction of sp³-hybridized carbons (Fsp3) is 0.571. The third kappa shape index (κ3) is 1.68. The van der Waals surface area contributed by atoms with E-state index in [1.165, 1.54) is 31.2 Å². The molecule has 1 aliphatic carbocycles. The van der Waals surface area contributed by atoms with E-state index < -0.39 is 0 Å². The van der Waals surface area contributed by atoms with Crippen LogP contribution in [0.15, 0.2) is 18.2 Å². The highest BCUT2D eigenvalue weighted by Crippen LogP contribution is 2.48. The first kappa shape index (κ1) is 10.6. The van der Waals surface area contributed by atoms with Crippen LogP contribution in [-0.2, 0) is 11.3 Å². The van der Waals surface area contributed by atoms with Crippen LogP contribution in [-0.4, -0.2) is 24.1 Å². The lowest BCUT2D eigenvalue weighted by molar-refractivity contribution is 0.174. The Kier molecular flexibility index (Phi) is 2.29. The summed E-state index contributed by atoms with van der Waals surface area (Å²) in [6.07, 6.45) is 6.02. The molecule has 1 saturated carbocycles. The monoisotopic (exact) mass is 247 g/mol. The Morgan fingerprint density at radius 1 is 1.11 bits per heavy atom. The summed E-state index contributed by atoms with van der Waals surface area (Å²) < 4.78 is 10.7. The number of hydrogen-bond acceptors (Lipinski definition) is 4. The van der Waals surface area contributed by atoms with E-state index in [-0.39, 0.29) is 5.72 Å². The molecule has 2 aliphatic heterocycles. The Balaban J connectivity index is 1.38. The van der Waals surface area contributed by atoms with E-state index in [2.05, 4.69) is 17.2 Å². The summed E-state index contributed by atoms with van der Waals surface area (Å²) in [7, 11) is 0. The van der Waals surface area contributed by atoms with E-state index in [9.17, 15) is 0 Å². The van der Waals surface area contributed by atoms with Gasteiger partial charge in [-0.25, -0.2) is 0 Å². The average molecular weight is 247 g/mol. The third-order valence-electron chi connectivity index (χ3n) is 4.13.